The van der Waals surface area contributed by atoms with Crippen molar-refractivity contribution in [3.63, 3.8) is 0 Å². The molecule has 1 aromatic carbocycles. The van der Waals surface area contributed by atoms with Crippen molar-refractivity contribution in [1.29, 1.82) is 0 Å². The molecule has 0 spiro atoms. The number of aromatic nitrogens is 4. The van der Waals surface area contributed by atoms with Crippen LogP contribution >= 0.6 is 0 Å². The molecule has 0 bridgehead atoms. The number of benzene rings is 1. The minimum Gasteiger partial charge on any atom is -0.341 e. The van der Waals surface area contributed by atoms with Gasteiger partial charge in [-0.2, -0.15) is 5.10 Å². The first-order chi connectivity index (χ1) is 13.8. The number of carbonyl (C=O) groups is 1. The lowest BCUT2D eigenvalue weighted by atomic mass is 9.95. The number of carbonyl (C=O) groups excluding carboxylic acids is 1. The fourth-order valence-electron chi connectivity index (χ4n) is 4.10. The van der Waals surface area contributed by atoms with Gasteiger partial charge in [0.2, 0.25) is 5.91 Å². The number of nitrogens with zero attached hydrogens (tertiary/aromatic N) is 5. The molecule has 1 unspecified atom stereocenters. The second-order valence-electron chi connectivity index (χ2n) is 7.41. The zero-order valence-corrected chi connectivity index (χ0v) is 16.3. The van der Waals surface area contributed by atoms with Crippen LogP contribution < -0.4 is 0 Å². The quantitative estimate of drug-likeness (QED) is 0.661. The van der Waals surface area contributed by atoms with Crippen molar-refractivity contribution in [3.05, 3.63) is 72.6 Å². The standard InChI is InChI=1S/C22H27N5O/c1-2-20(27-13-6-11-24-27)22(28)25-14-9-19(10-15-25)21-23-12-16-26(21)17-18-7-4-3-5-8-18/h3-8,11-13,16,19-20H,2,9-10,14-15,17H2,1H3. The van der Waals surface area contributed by atoms with Crippen LogP contribution in [0.25, 0.3) is 0 Å². The SMILES string of the molecule is CCC(C(=O)N1CCC(c2nccn2Cc2ccccc2)CC1)n1cccn1. The Morgan fingerprint density at radius 3 is 2.57 bits per heavy atom. The van der Waals surface area contributed by atoms with E-state index in [9.17, 15) is 4.79 Å². The van der Waals surface area contributed by atoms with E-state index in [0.717, 1.165) is 44.7 Å². The van der Waals surface area contributed by atoms with Crippen LogP contribution in [-0.4, -0.2) is 43.2 Å². The lowest BCUT2D eigenvalue weighted by Crippen LogP contribution is -2.42. The summed E-state index contributed by atoms with van der Waals surface area (Å²) in [6, 6.07) is 12.1. The van der Waals surface area contributed by atoms with Crippen LogP contribution in [0.1, 0.15) is 49.5 Å². The molecular formula is C22H27N5O. The van der Waals surface area contributed by atoms with Gasteiger partial charge in [-0.15, -0.1) is 0 Å². The first-order valence-corrected chi connectivity index (χ1v) is 10.1. The van der Waals surface area contributed by atoms with Gasteiger partial charge in [0.05, 0.1) is 0 Å². The molecule has 6 heteroatoms. The monoisotopic (exact) mass is 377 g/mol. The highest BCUT2D eigenvalue weighted by Crippen LogP contribution is 2.29. The maximum atomic E-state index is 13.0. The average molecular weight is 377 g/mol. The van der Waals surface area contributed by atoms with Crippen molar-refractivity contribution >= 4 is 5.91 Å². The minimum absolute atomic E-state index is 0.178. The fourth-order valence-corrected chi connectivity index (χ4v) is 4.10. The molecule has 2 aromatic heterocycles. The van der Waals surface area contributed by atoms with Crippen LogP contribution in [0.15, 0.2) is 61.2 Å². The second kappa shape index (κ2) is 8.42. The van der Waals surface area contributed by atoms with E-state index in [1.807, 2.05) is 36.4 Å². The molecule has 3 heterocycles. The van der Waals surface area contributed by atoms with Gasteiger partial charge in [-0.3, -0.25) is 9.48 Å². The summed E-state index contributed by atoms with van der Waals surface area (Å²) in [5, 5.41) is 4.27. The normalized spacial score (nSPS) is 16.2. The van der Waals surface area contributed by atoms with Crippen molar-refractivity contribution in [2.45, 2.75) is 44.7 Å². The predicted octanol–water partition coefficient (Wildman–Crippen LogP) is 3.49. The average Bonchev–Trinajstić information content (AvgIpc) is 3.42. The summed E-state index contributed by atoms with van der Waals surface area (Å²) < 4.78 is 4.02. The van der Waals surface area contributed by atoms with Gasteiger partial charge in [-0.25, -0.2) is 4.98 Å². The second-order valence-corrected chi connectivity index (χ2v) is 7.41. The molecule has 1 saturated heterocycles. The van der Waals surface area contributed by atoms with E-state index in [4.69, 9.17) is 0 Å². The zero-order valence-electron chi connectivity index (χ0n) is 16.3. The van der Waals surface area contributed by atoms with Gasteiger partial charge < -0.3 is 9.47 Å². The molecule has 0 saturated carbocycles. The predicted molar refractivity (Wildman–Crippen MR) is 108 cm³/mol. The van der Waals surface area contributed by atoms with Crippen molar-refractivity contribution in [2.75, 3.05) is 13.1 Å². The topological polar surface area (TPSA) is 56.0 Å². The van der Waals surface area contributed by atoms with Gasteiger partial charge in [-0.05, 0) is 30.9 Å². The summed E-state index contributed by atoms with van der Waals surface area (Å²) in [7, 11) is 0. The highest BCUT2D eigenvalue weighted by atomic mass is 16.2. The Kier molecular flexibility index (Phi) is 5.55. The summed E-state index contributed by atoms with van der Waals surface area (Å²) in [6.45, 7) is 4.43. The van der Waals surface area contributed by atoms with Crippen molar-refractivity contribution in [1.82, 2.24) is 24.2 Å². The van der Waals surface area contributed by atoms with Crippen molar-refractivity contribution in [3.8, 4) is 0 Å². The van der Waals surface area contributed by atoms with Crippen LogP contribution in [0, 0.1) is 0 Å². The lowest BCUT2D eigenvalue weighted by molar-refractivity contribution is -0.136. The third-order valence-corrected chi connectivity index (χ3v) is 5.63. The first kappa shape index (κ1) is 18.5. The summed E-state index contributed by atoms with van der Waals surface area (Å²) in [4.78, 5) is 19.6. The highest BCUT2D eigenvalue weighted by Gasteiger charge is 2.30. The van der Waals surface area contributed by atoms with E-state index in [1.54, 1.807) is 10.9 Å². The maximum Gasteiger partial charge on any atom is 0.247 e. The van der Waals surface area contributed by atoms with Crippen LogP contribution in [0.3, 0.4) is 0 Å². The molecule has 1 aliphatic heterocycles. The van der Waals surface area contributed by atoms with E-state index in [-0.39, 0.29) is 11.9 Å². The highest BCUT2D eigenvalue weighted by molar-refractivity contribution is 5.80. The molecule has 0 radical (unpaired) electrons. The molecule has 1 atom stereocenters. The number of hydrogen-bond donors (Lipinski definition) is 0. The van der Waals surface area contributed by atoms with E-state index in [2.05, 4.69) is 45.1 Å². The van der Waals surface area contributed by atoms with Gasteiger partial charge in [0.15, 0.2) is 0 Å². The number of rotatable bonds is 6. The summed E-state index contributed by atoms with van der Waals surface area (Å²) in [5.41, 5.74) is 1.28. The molecule has 4 rings (SSSR count). The molecule has 146 valence electrons. The van der Waals surface area contributed by atoms with E-state index >= 15 is 0 Å². The minimum atomic E-state index is -0.202. The molecule has 1 amide bonds. The fraction of sp³-hybridized carbons (Fsp3) is 0.409. The van der Waals surface area contributed by atoms with E-state index in [0.29, 0.717) is 5.92 Å². The maximum absolute atomic E-state index is 13.0. The number of likely N-dealkylation sites (tertiary alicyclic amines) is 1. The third kappa shape index (κ3) is 3.86. The van der Waals surface area contributed by atoms with Crippen molar-refractivity contribution in [2.24, 2.45) is 0 Å². The zero-order chi connectivity index (χ0) is 19.3. The molecule has 1 fully saturated rings. The van der Waals surface area contributed by atoms with Gasteiger partial charge >= 0.3 is 0 Å². The smallest absolute Gasteiger partial charge is 0.247 e. The van der Waals surface area contributed by atoms with Crippen LogP contribution in [-0.2, 0) is 11.3 Å². The molecule has 6 nitrogen and oxygen atoms in total. The van der Waals surface area contributed by atoms with Crippen molar-refractivity contribution < 1.29 is 4.79 Å². The lowest BCUT2D eigenvalue weighted by Gasteiger charge is -2.34. The Bertz CT molecular complexity index is 879. The first-order valence-electron chi connectivity index (χ1n) is 10.1. The van der Waals surface area contributed by atoms with E-state index in [1.165, 1.54) is 5.56 Å². The Hall–Kier alpha value is -2.89. The Morgan fingerprint density at radius 2 is 1.89 bits per heavy atom. The largest absolute Gasteiger partial charge is 0.341 e. The van der Waals surface area contributed by atoms with Crippen LogP contribution in [0.2, 0.25) is 0 Å². The third-order valence-electron chi connectivity index (χ3n) is 5.63. The Labute approximate surface area is 165 Å². The van der Waals surface area contributed by atoms with Crippen LogP contribution in [0.4, 0.5) is 0 Å². The molecule has 3 aromatic rings. The molecule has 28 heavy (non-hydrogen) atoms. The molecular weight excluding hydrogens is 350 g/mol. The number of piperidine rings is 1. The number of amides is 1. The van der Waals surface area contributed by atoms with Crippen LogP contribution in [0.5, 0.6) is 0 Å². The van der Waals surface area contributed by atoms with Gasteiger partial charge in [-0.1, -0.05) is 37.3 Å². The van der Waals surface area contributed by atoms with Gasteiger partial charge in [0, 0.05) is 50.3 Å². The van der Waals surface area contributed by atoms with E-state index < -0.39 is 0 Å². The molecule has 0 aliphatic carbocycles. The molecule has 1 aliphatic rings. The Morgan fingerprint density at radius 1 is 1.11 bits per heavy atom. The summed E-state index contributed by atoms with van der Waals surface area (Å²) >= 11 is 0. The summed E-state index contributed by atoms with van der Waals surface area (Å²) in [6.07, 6.45) is 10.2. The van der Waals surface area contributed by atoms with Gasteiger partial charge in [0.25, 0.3) is 0 Å². The molecule has 0 N–H and O–H groups in total. The number of imidazole rings is 1. The van der Waals surface area contributed by atoms with Gasteiger partial charge in [0.1, 0.15) is 11.9 Å². The number of hydrogen-bond acceptors (Lipinski definition) is 3. The summed E-state index contributed by atoms with van der Waals surface area (Å²) in [5.74, 6) is 1.71. The Balaban J connectivity index is 1.40.